The van der Waals surface area contributed by atoms with Gasteiger partial charge in [-0.15, -0.1) is 0 Å². The Kier molecular flexibility index (Phi) is 3.52. The maximum Gasteiger partial charge on any atom is 0.138 e. The van der Waals surface area contributed by atoms with Gasteiger partial charge in [-0.25, -0.2) is 0 Å². The van der Waals surface area contributed by atoms with Crippen LogP contribution in [-0.2, 0) is 6.61 Å². The summed E-state index contributed by atoms with van der Waals surface area (Å²) in [5.41, 5.74) is 2.10. The van der Waals surface area contributed by atoms with Crippen molar-refractivity contribution in [1.29, 1.82) is 0 Å². The third-order valence-electron chi connectivity index (χ3n) is 3.44. The Morgan fingerprint density at radius 1 is 1.24 bits per heavy atom. The minimum absolute atomic E-state index is 0.280. The van der Waals surface area contributed by atoms with Crippen molar-refractivity contribution in [2.45, 2.75) is 26.5 Å². The molecule has 108 valence electrons. The van der Waals surface area contributed by atoms with E-state index in [-0.39, 0.29) is 11.8 Å². The molecule has 3 aromatic rings. The van der Waals surface area contributed by atoms with Crippen molar-refractivity contribution in [3.8, 4) is 11.5 Å². The van der Waals surface area contributed by atoms with Crippen molar-refractivity contribution in [3.05, 3.63) is 54.5 Å². The number of pyridine rings is 1. The van der Waals surface area contributed by atoms with Gasteiger partial charge in [0.1, 0.15) is 18.1 Å². The third-order valence-corrected chi connectivity index (χ3v) is 3.44. The summed E-state index contributed by atoms with van der Waals surface area (Å²) in [6.45, 7) is 4.72. The van der Waals surface area contributed by atoms with Crippen molar-refractivity contribution in [3.63, 3.8) is 0 Å². The molecule has 0 radical (unpaired) electrons. The average molecular weight is 282 g/mol. The number of hydrogen-bond donors (Lipinski definition) is 1. The molecular weight excluding hydrogens is 264 g/mol. The molecule has 0 atom stereocenters. The summed E-state index contributed by atoms with van der Waals surface area (Å²) in [5, 5.41) is 10.8. The molecule has 2 aromatic heterocycles. The van der Waals surface area contributed by atoms with Crippen LogP contribution in [0.25, 0.3) is 10.9 Å². The number of rotatable bonds is 4. The Morgan fingerprint density at radius 3 is 2.81 bits per heavy atom. The summed E-state index contributed by atoms with van der Waals surface area (Å²) < 4.78 is 7.98. The molecule has 3 rings (SSSR count). The zero-order chi connectivity index (χ0) is 14.8. The largest absolute Gasteiger partial charge is 0.508 e. The lowest BCUT2D eigenvalue weighted by atomic mass is 10.2. The molecule has 0 saturated heterocycles. The first kappa shape index (κ1) is 13.5. The minimum Gasteiger partial charge on any atom is -0.508 e. The number of benzene rings is 1. The van der Waals surface area contributed by atoms with Crippen LogP contribution in [0.3, 0.4) is 0 Å². The van der Waals surface area contributed by atoms with E-state index < -0.39 is 0 Å². The molecule has 0 saturated carbocycles. The van der Waals surface area contributed by atoms with Crippen molar-refractivity contribution in [1.82, 2.24) is 9.55 Å². The van der Waals surface area contributed by atoms with Crippen LogP contribution >= 0.6 is 0 Å². The van der Waals surface area contributed by atoms with E-state index >= 15 is 0 Å². The van der Waals surface area contributed by atoms with Gasteiger partial charge in [-0.1, -0.05) is 0 Å². The fourth-order valence-electron chi connectivity index (χ4n) is 2.58. The second-order valence-electron chi connectivity index (χ2n) is 5.32. The monoisotopic (exact) mass is 282 g/mol. The highest BCUT2D eigenvalue weighted by Crippen LogP contribution is 2.28. The minimum atomic E-state index is 0.280. The van der Waals surface area contributed by atoms with E-state index in [1.165, 1.54) is 0 Å². The molecule has 0 fully saturated rings. The molecule has 0 aliphatic heterocycles. The normalized spacial score (nSPS) is 11.2. The summed E-state index contributed by atoms with van der Waals surface area (Å²) in [6.07, 6.45) is 3.43. The van der Waals surface area contributed by atoms with Crippen LogP contribution in [0.2, 0.25) is 0 Å². The van der Waals surface area contributed by atoms with Crippen molar-refractivity contribution in [2.75, 3.05) is 0 Å². The SMILES string of the molecule is CC(C)n1c(COc2cccnc2)cc2ccc(O)cc21. The van der Waals surface area contributed by atoms with E-state index in [1.54, 1.807) is 24.5 Å². The Balaban J connectivity index is 1.96. The molecule has 2 heterocycles. The first-order chi connectivity index (χ1) is 10.1. The lowest BCUT2D eigenvalue weighted by Gasteiger charge is -2.15. The number of fused-ring (bicyclic) bond motifs is 1. The van der Waals surface area contributed by atoms with E-state index in [2.05, 4.69) is 29.5 Å². The summed E-state index contributed by atoms with van der Waals surface area (Å²) in [5.74, 6) is 1.03. The van der Waals surface area contributed by atoms with Gasteiger partial charge in [-0.05, 0) is 44.2 Å². The van der Waals surface area contributed by atoms with Gasteiger partial charge in [0.25, 0.3) is 0 Å². The molecular formula is C17H18N2O2. The molecule has 21 heavy (non-hydrogen) atoms. The molecule has 0 bridgehead atoms. The number of aromatic hydroxyl groups is 1. The van der Waals surface area contributed by atoms with Crippen molar-refractivity contribution < 1.29 is 9.84 Å². The quantitative estimate of drug-likeness (QED) is 0.789. The Labute approximate surface area is 123 Å². The second kappa shape index (κ2) is 5.48. The van der Waals surface area contributed by atoms with Gasteiger partial charge in [0.15, 0.2) is 0 Å². The Bertz CT molecular complexity index is 748. The smallest absolute Gasteiger partial charge is 0.138 e. The number of ether oxygens (including phenoxy) is 1. The van der Waals surface area contributed by atoms with E-state index in [1.807, 2.05) is 18.2 Å². The molecule has 1 N–H and O–H groups in total. The van der Waals surface area contributed by atoms with Crippen LogP contribution in [0.5, 0.6) is 11.5 Å². The summed E-state index contributed by atoms with van der Waals surface area (Å²) in [4.78, 5) is 4.04. The van der Waals surface area contributed by atoms with Crippen molar-refractivity contribution in [2.24, 2.45) is 0 Å². The highest BCUT2D eigenvalue weighted by atomic mass is 16.5. The second-order valence-corrected chi connectivity index (χ2v) is 5.32. The Morgan fingerprint density at radius 2 is 2.10 bits per heavy atom. The van der Waals surface area contributed by atoms with Crippen molar-refractivity contribution >= 4 is 10.9 Å². The average Bonchev–Trinajstić information content (AvgIpc) is 2.84. The molecule has 0 spiro atoms. The zero-order valence-electron chi connectivity index (χ0n) is 12.2. The van der Waals surface area contributed by atoms with Gasteiger partial charge < -0.3 is 14.4 Å². The number of phenolic OH excluding ortho intramolecular Hbond substituents is 1. The van der Waals surface area contributed by atoms with Gasteiger partial charge in [0, 0.05) is 23.7 Å². The van der Waals surface area contributed by atoms with Crippen LogP contribution < -0.4 is 4.74 Å². The molecule has 4 heteroatoms. The van der Waals surface area contributed by atoms with E-state index in [4.69, 9.17) is 4.74 Å². The topological polar surface area (TPSA) is 47.3 Å². The molecule has 1 aromatic carbocycles. The predicted octanol–water partition coefficient (Wildman–Crippen LogP) is 3.90. The van der Waals surface area contributed by atoms with E-state index in [0.717, 1.165) is 22.3 Å². The number of hydrogen-bond acceptors (Lipinski definition) is 3. The lowest BCUT2D eigenvalue weighted by molar-refractivity contribution is 0.292. The number of phenols is 1. The van der Waals surface area contributed by atoms with Gasteiger partial charge in [0.05, 0.1) is 17.4 Å². The van der Waals surface area contributed by atoms with E-state index in [9.17, 15) is 5.11 Å². The Hall–Kier alpha value is -2.49. The maximum absolute atomic E-state index is 9.70. The molecule has 0 amide bonds. The first-order valence-corrected chi connectivity index (χ1v) is 7.01. The summed E-state index contributed by atoms with van der Waals surface area (Å²) in [7, 11) is 0. The van der Waals surface area contributed by atoms with Crippen LogP contribution in [0.1, 0.15) is 25.6 Å². The van der Waals surface area contributed by atoms with Crippen LogP contribution in [0.15, 0.2) is 48.8 Å². The fraction of sp³-hybridized carbons (Fsp3) is 0.235. The molecule has 4 nitrogen and oxygen atoms in total. The molecule has 0 aliphatic carbocycles. The van der Waals surface area contributed by atoms with Gasteiger partial charge in [-0.3, -0.25) is 4.98 Å². The van der Waals surface area contributed by atoms with Gasteiger partial charge in [0.2, 0.25) is 0 Å². The standard InChI is InChI=1S/C17H18N2O2/c1-12(2)19-14(11-21-16-4-3-7-18-10-16)8-13-5-6-15(20)9-17(13)19/h3-10,12,20H,11H2,1-2H3. The third kappa shape index (κ3) is 2.70. The van der Waals surface area contributed by atoms with Gasteiger partial charge in [-0.2, -0.15) is 0 Å². The summed E-state index contributed by atoms with van der Waals surface area (Å²) in [6, 6.07) is 11.6. The first-order valence-electron chi connectivity index (χ1n) is 7.01. The van der Waals surface area contributed by atoms with Crippen LogP contribution in [0.4, 0.5) is 0 Å². The number of aromatic nitrogens is 2. The van der Waals surface area contributed by atoms with Gasteiger partial charge >= 0.3 is 0 Å². The lowest BCUT2D eigenvalue weighted by Crippen LogP contribution is -2.08. The predicted molar refractivity (Wildman–Crippen MR) is 82.6 cm³/mol. The molecule has 0 aliphatic rings. The number of nitrogens with zero attached hydrogens (tertiary/aromatic N) is 2. The highest BCUT2D eigenvalue weighted by Gasteiger charge is 2.12. The maximum atomic E-state index is 9.70. The highest BCUT2D eigenvalue weighted by molar-refractivity contribution is 5.82. The van der Waals surface area contributed by atoms with Crippen LogP contribution in [-0.4, -0.2) is 14.7 Å². The van der Waals surface area contributed by atoms with E-state index in [0.29, 0.717) is 6.61 Å². The fourth-order valence-corrected chi connectivity index (χ4v) is 2.58. The van der Waals surface area contributed by atoms with Crippen LogP contribution in [0, 0.1) is 0 Å². The summed E-state index contributed by atoms with van der Waals surface area (Å²) >= 11 is 0. The molecule has 0 unspecified atom stereocenters. The zero-order valence-corrected chi connectivity index (χ0v) is 12.2.